The maximum atomic E-state index is 13.4. The van der Waals surface area contributed by atoms with Crippen molar-refractivity contribution >= 4 is 23.3 Å². The fourth-order valence-corrected chi connectivity index (χ4v) is 4.33. The van der Waals surface area contributed by atoms with Gasteiger partial charge in [0.25, 0.3) is 5.91 Å². The fourth-order valence-electron chi connectivity index (χ4n) is 4.33. The molecule has 0 aliphatic carbocycles. The second-order valence-corrected chi connectivity index (χ2v) is 7.88. The van der Waals surface area contributed by atoms with Crippen LogP contribution in [0.25, 0.3) is 0 Å². The Balaban J connectivity index is 1.77. The molecule has 1 N–H and O–H groups in total. The highest BCUT2D eigenvalue weighted by atomic mass is 19.1. The Hall–Kier alpha value is -3.67. The van der Waals surface area contributed by atoms with Crippen LogP contribution in [0.5, 0.6) is 0 Å². The Morgan fingerprint density at radius 2 is 1.66 bits per heavy atom. The molecule has 32 heavy (non-hydrogen) atoms. The maximum Gasteiger partial charge on any atom is 0.322 e. The monoisotopic (exact) mass is 431 g/mol. The predicted octanol–water partition coefficient (Wildman–Crippen LogP) is 5.54. The van der Waals surface area contributed by atoms with Crippen molar-refractivity contribution in [1.82, 2.24) is 5.32 Å². The van der Waals surface area contributed by atoms with Crippen LogP contribution < -0.4 is 15.1 Å². The molecular weight excluding hydrogens is 405 g/mol. The maximum absolute atomic E-state index is 13.4. The Morgan fingerprint density at radius 3 is 2.34 bits per heavy atom. The highest BCUT2D eigenvalue weighted by Gasteiger charge is 2.38. The summed E-state index contributed by atoms with van der Waals surface area (Å²) in [6, 6.07) is 22.2. The van der Waals surface area contributed by atoms with Crippen molar-refractivity contribution in [2.75, 3.05) is 16.3 Å². The number of rotatable bonds is 4. The van der Waals surface area contributed by atoms with Gasteiger partial charge in [0.15, 0.2) is 0 Å². The van der Waals surface area contributed by atoms with Gasteiger partial charge in [0.05, 0.1) is 6.04 Å². The van der Waals surface area contributed by atoms with Gasteiger partial charge in [-0.3, -0.25) is 9.69 Å². The van der Waals surface area contributed by atoms with Crippen molar-refractivity contribution in [3.63, 3.8) is 0 Å². The number of anilines is 2. The molecule has 3 amide bonds. The van der Waals surface area contributed by atoms with Gasteiger partial charge in [-0.1, -0.05) is 36.4 Å². The molecule has 0 radical (unpaired) electrons. The summed E-state index contributed by atoms with van der Waals surface area (Å²) in [4.78, 5) is 30.0. The lowest BCUT2D eigenvalue weighted by Gasteiger charge is -2.43. The number of nitrogens with one attached hydrogen (secondary N) is 1. The first kappa shape index (κ1) is 21.6. The van der Waals surface area contributed by atoms with Crippen LogP contribution >= 0.6 is 0 Å². The van der Waals surface area contributed by atoms with Crippen LogP contribution in [0.2, 0.25) is 0 Å². The van der Waals surface area contributed by atoms with Crippen molar-refractivity contribution in [3.8, 4) is 0 Å². The van der Waals surface area contributed by atoms with Gasteiger partial charge in [-0.2, -0.15) is 0 Å². The molecule has 2 atom stereocenters. The molecule has 0 saturated carbocycles. The molecule has 0 spiro atoms. The second kappa shape index (κ2) is 9.22. The topological polar surface area (TPSA) is 52.7 Å². The molecule has 0 fully saturated rings. The van der Waals surface area contributed by atoms with Gasteiger partial charge >= 0.3 is 6.03 Å². The molecular formula is C26H26FN3O2. The highest BCUT2D eigenvalue weighted by Crippen LogP contribution is 2.42. The third-order valence-corrected chi connectivity index (χ3v) is 5.76. The summed E-state index contributed by atoms with van der Waals surface area (Å²) in [5.74, 6) is -0.568. The first-order chi connectivity index (χ1) is 15.5. The van der Waals surface area contributed by atoms with Crippen LogP contribution in [0.1, 0.15) is 42.2 Å². The number of nitrogens with zero attached hydrogens (tertiary/aromatic N) is 2. The number of amides is 3. The van der Waals surface area contributed by atoms with E-state index < -0.39 is 0 Å². The average Bonchev–Trinajstić information content (AvgIpc) is 2.80. The number of fused-ring (bicyclic) bond motifs is 1. The number of hydrogen-bond donors (Lipinski definition) is 1. The van der Waals surface area contributed by atoms with Crippen LogP contribution in [-0.4, -0.2) is 24.5 Å². The summed E-state index contributed by atoms with van der Waals surface area (Å²) in [6.07, 6.45) is 0.565. The Labute approximate surface area is 187 Å². The smallest absolute Gasteiger partial charge is 0.322 e. The van der Waals surface area contributed by atoms with Crippen LogP contribution in [-0.2, 0) is 0 Å². The predicted molar refractivity (Wildman–Crippen MR) is 124 cm³/mol. The van der Waals surface area contributed by atoms with Gasteiger partial charge in [-0.25, -0.2) is 9.18 Å². The van der Waals surface area contributed by atoms with E-state index in [9.17, 15) is 14.0 Å². The Bertz CT molecular complexity index is 1100. The van der Waals surface area contributed by atoms with Gasteiger partial charge < -0.3 is 10.2 Å². The number of para-hydroxylation sites is 2. The fraction of sp³-hybridized carbons (Fsp3) is 0.231. The minimum Gasteiger partial charge on any atom is -0.338 e. The summed E-state index contributed by atoms with van der Waals surface area (Å²) in [6.45, 7) is 4.38. The van der Waals surface area contributed by atoms with Gasteiger partial charge in [-0.15, -0.1) is 0 Å². The van der Waals surface area contributed by atoms with Gasteiger partial charge in [-0.05, 0) is 68.3 Å². The van der Waals surface area contributed by atoms with Gasteiger partial charge in [0.2, 0.25) is 0 Å². The molecule has 3 aromatic carbocycles. The minimum absolute atomic E-state index is 0.173. The summed E-state index contributed by atoms with van der Waals surface area (Å²) in [7, 11) is 0. The molecule has 4 rings (SSSR count). The van der Waals surface area contributed by atoms with Crippen molar-refractivity contribution in [2.24, 2.45) is 0 Å². The standard InChI is InChI=1S/C26H26FN3O2/c1-3-28-26(32)30(21-9-5-4-6-10-21)24-17-18(2)29(23-12-8-7-11-22(23)24)25(31)19-13-15-20(27)16-14-19/h4-16,18,24H,3,17H2,1-2H3,(H,28,32). The van der Waals surface area contributed by atoms with E-state index >= 15 is 0 Å². The van der Waals surface area contributed by atoms with E-state index in [0.29, 0.717) is 18.5 Å². The third kappa shape index (κ3) is 4.08. The zero-order chi connectivity index (χ0) is 22.7. The number of hydrogen-bond acceptors (Lipinski definition) is 2. The third-order valence-electron chi connectivity index (χ3n) is 5.76. The number of carbonyl (C=O) groups is 2. The SMILES string of the molecule is CCNC(=O)N(c1ccccc1)C1CC(C)N(C(=O)c2ccc(F)cc2)c2ccccc21. The number of carbonyl (C=O) groups excluding carboxylic acids is 2. The molecule has 164 valence electrons. The van der Waals surface area contributed by atoms with E-state index in [0.717, 1.165) is 16.9 Å². The van der Waals surface area contributed by atoms with Gasteiger partial charge in [0, 0.05) is 29.5 Å². The van der Waals surface area contributed by atoms with Crippen LogP contribution in [0.3, 0.4) is 0 Å². The molecule has 1 aliphatic rings. The van der Waals surface area contributed by atoms with Crippen molar-refractivity contribution < 1.29 is 14.0 Å². The molecule has 3 aromatic rings. The van der Waals surface area contributed by atoms with E-state index in [1.54, 1.807) is 9.80 Å². The van der Waals surface area contributed by atoms with Crippen molar-refractivity contribution in [2.45, 2.75) is 32.4 Å². The lowest BCUT2D eigenvalue weighted by molar-refractivity contribution is 0.0973. The molecule has 1 heterocycles. The molecule has 0 saturated heterocycles. The minimum atomic E-state index is -0.380. The molecule has 2 unspecified atom stereocenters. The zero-order valence-electron chi connectivity index (χ0n) is 18.2. The van der Waals surface area contributed by atoms with E-state index in [4.69, 9.17) is 0 Å². The first-order valence-corrected chi connectivity index (χ1v) is 10.8. The largest absolute Gasteiger partial charge is 0.338 e. The molecule has 1 aliphatic heterocycles. The van der Waals surface area contributed by atoms with E-state index in [1.165, 1.54) is 24.3 Å². The second-order valence-electron chi connectivity index (χ2n) is 7.88. The highest BCUT2D eigenvalue weighted by molar-refractivity contribution is 6.07. The lowest BCUT2D eigenvalue weighted by Crippen LogP contribution is -2.49. The summed E-state index contributed by atoms with van der Waals surface area (Å²) in [5, 5.41) is 2.92. The van der Waals surface area contributed by atoms with E-state index in [-0.39, 0.29) is 29.8 Å². The molecule has 0 bridgehead atoms. The van der Waals surface area contributed by atoms with E-state index in [1.807, 2.05) is 68.4 Å². The van der Waals surface area contributed by atoms with Gasteiger partial charge in [0.1, 0.15) is 5.82 Å². The summed E-state index contributed by atoms with van der Waals surface area (Å²) < 4.78 is 13.4. The summed E-state index contributed by atoms with van der Waals surface area (Å²) in [5.41, 5.74) is 2.88. The number of halogens is 1. The van der Waals surface area contributed by atoms with E-state index in [2.05, 4.69) is 5.32 Å². The molecule has 0 aromatic heterocycles. The van der Waals surface area contributed by atoms with Crippen LogP contribution in [0.15, 0.2) is 78.9 Å². The van der Waals surface area contributed by atoms with Crippen molar-refractivity contribution in [1.29, 1.82) is 0 Å². The van der Waals surface area contributed by atoms with Crippen LogP contribution in [0.4, 0.5) is 20.6 Å². The number of urea groups is 1. The first-order valence-electron chi connectivity index (χ1n) is 10.8. The van der Waals surface area contributed by atoms with Crippen LogP contribution in [0, 0.1) is 5.82 Å². The normalized spacial score (nSPS) is 17.4. The number of benzene rings is 3. The molecule has 5 nitrogen and oxygen atoms in total. The quantitative estimate of drug-likeness (QED) is 0.590. The lowest BCUT2D eigenvalue weighted by atomic mass is 9.89. The Morgan fingerprint density at radius 1 is 1.00 bits per heavy atom. The Kier molecular flexibility index (Phi) is 6.21. The van der Waals surface area contributed by atoms with Crippen molar-refractivity contribution in [3.05, 3.63) is 95.8 Å². The molecule has 6 heteroatoms. The zero-order valence-corrected chi connectivity index (χ0v) is 18.2. The average molecular weight is 432 g/mol. The summed E-state index contributed by atoms with van der Waals surface area (Å²) >= 11 is 0.